The van der Waals surface area contributed by atoms with Crippen LogP contribution in [0.4, 0.5) is 0 Å². The zero-order chi connectivity index (χ0) is 24.9. The van der Waals surface area contributed by atoms with Gasteiger partial charge in [0.25, 0.3) is 0 Å². The number of thiazole rings is 1. The van der Waals surface area contributed by atoms with Gasteiger partial charge in [-0.2, -0.15) is 0 Å². The number of aliphatic imine (C=N–C) groups is 1. The lowest BCUT2D eigenvalue weighted by Crippen LogP contribution is -2.53. The Balaban J connectivity index is 1.90. The third-order valence-corrected chi connectivity index (χ3v) is 7.62. The average molecular weight is 507 g/mol. The van der Waals surface area contributed by atoms with Crippen LogP contribution in [0.1, 0.15) is 57.7 Å². The summed E-state index contributed by atoms with van der Waals surface area (Å²) in [7, 11) is 0. The number of aromatic nitrogens is 1. The van der Waals surface area contributed by atoms with Gasteiger partial charge in [-0.1, -0.05) is 26.8 Å². The van der Waals surface area contributed by atoms with Gasteiger partial charge in [-0.15, -0.1) is 23.1 Å². The fraction of sp³-hybridized carbons (Fsp3) is 0.565. The number of esters is 1. The van der Waals surface area contributed by atoms with Crippen molar-refractivity contribution in [1.82, 2.24) is 15.6 Å². The summed E-state index contributed by atoms with van der Waals surface area (Å²) in [6, 6.07) is -0.913. The number of amides is 2. The van der Waals surface area contributed by atoms with E-state index in [2.05, 4.69) is 20.6 Å². The Morgan fingerprint density at radius 1 is 1.35 bits per heavy atom. The summed E-state index contributed by atoms with van der Waals surface area (Å²) in [5, 5.41) is 8.83. The Morgan fingerprint density at radius 3 is 2.82 bits per heavy atom. The summed E-state index contributed by atoms with van der Waals surface area (Å²) in [5.74, 6) is -1.12. The van der Waals surface area contributed by atoms with E-state index in [1.165, 1.54) is 23.1 Å². The summed E-state index contributed by atoms with van der Waals surface area (Å²) in [5.41, 5.74) is -0.369. The number of fused-ring (bicyclic) bond motifs is 4. The van der Waals surface area contributed by atoms with Gasteiger partial charge in [-0.25, -0.2) is 9.78 Å². The van der Waals surface area contributed by atoms with E-state index in [-0.39, 0.29) is 42.9 Å². The second-order valence-electron chi connectivity index (χ2n) is 8.78. The molecule has 3 rings (SSSR count). The molecule has 0 unspecified atom stereocenters. The molecule has 0 aromatic carbocycles. The number of thioether (sulfide) groups is 1. The smallest absolute Gasteiger partial charge is 0.329 e. The molecule has 3 heterocycles. The molecule has 0 radical (unpaired) electrons. The van der Waals surface area contributed by atoms with Crippen molar-refractivity contribution in [3.8, 4) is 0 Å². The van der Waals surface area contributed by atoms with Crippen molar-refractivity contribution < 1.29 is 23.9 Å². The molecule has 0 saturated carbocycles. The second-order valence-corrected chi connectivity index (χ2v) is 10.7. The maximum atomic E-state index is 13.2. The Labute approximate surface area is 207 Å². The van der Waals surface area contributed by atoms with E-state index in [0.717, 1.165) is 0 Å². The predicted molar refractivity (Wildman–Crippen MR) is 132 cm³/mol. The monoisotopic (exact) mass is 506 g/mol. The van der Waals surface area contributed by atoms with Crippen LogP contribution >= 0.6 is 23.1 Å². The summed E-state index contributed by atoms with van der Waals surface area (Å²) >= 11 is 2.83. The van der Waals surface area contributed by atoms with Gasteiger partial charge in [-0.05, 0) is 18.9 Å². The van der Waals surface area contributed by atoms with E-state index >= 15 is 0 Å². The van der Waals surface area contributed by atoms with E-state index < -0.39 is 23.7 Å². The van der Waals surface area contributed by atoms with Gasteiger partial charge in [0, 0.05) is 24.0 Å². The minimum Gasteiger partial charge on any atom is -0.456 e. The molecule has 1 aromatic rings. The zero-order valence-corrected chi connectivity index (χ0v) is 21.4. The maximum Gasteiger partial charge on any atom is 0.329 e. The van der Waals surface area contributed by atoms with Crippen LogP contribution < -0.4 is 10.6 Å². The molecule has 0 fully saturated rings. The number of cyclic esters (lactones) is 1. The third kappa shape index (κ3) is 6.53. The van der Waals surface area contributed by atoms with Gasteiger partial charge in [0.1, 0.15) is 39.2 Å². The number of ether oxygens (including phenoxy) is 1. The average Bonchev–Trinajstić information content (AvgIpc) is 3.42. The van der Waals surface area contributed by atoms with E-state index in [4.69, 9.17) is 4.74 Å². The van der Waals surface area contributed by atoms with Crippen LogP contribution in [0.25, 0.3) is 0 Å². The lowest BCUT2D eigenvalue weighted by molar-refractivity contribution is -0.153. The molecule has 0 saturated heterocycles. The SMILES string of the molecule is CCC(=O)C/C=C/[C@@H]1CC(=O)NCc2nc(cs2)C2=N[C@@](C)(CS2)C(=O)N[C@@H](C(C)C)C(=O)O1. The van der Waals surface area contributed by atoms with E-state index in [1.807, 2.05) is 5.38 Å². The Morgan fingerprint density at radius 2 is 2.12 bits per heavy atom. The summed E-state index contributed by atoms with van der Waals surface area (Å²) < 4.78 is 5.63. The summed E-state index contributed by atoms with van der Waals surface area (Å²) in [6.07, 6.45) is 2.76. The van der Waals surface area contributed by atoms with Crippen LogP contribution in [0.3, 0.4) is 0 Å². The minimum atomic E-state index is -1.04. The number of allylic oxidation sites excluding steroid dienone is 1. The topological polar surface area (TPSA) is 127 Å². The molecule has 3 atom stereocenters. The van der Waals surface area contributed by atoms with Gasteiger partial charge in [0.2, 0.25) is 11.8 Å². The third-order valence-electron chi connectivity index (χ3n) is 5.49. The molecule has 2 N–H and O–H groups in total. The standard InChI is InChI=1S/C23H30N4O5S2/c1-5-14(28)7-6-8-15-9-17(29)24-10-18-25-16(11-33-18)20-27-23(4,12-34-20)22(31)26-19(13(2)3)21(30)32-15/h6,8,11,13,15,19H,5,7,9-10,12H2,1-4H3,(H,24,29)(H,26,31)/b8-6+/t15-,19+,23+/m1/s1. The molecule has 2 aliphatic rings. The first-order valence-corrected chi connectivity index (χ1v) is 13.1. The largest absolute Gasteiger partial charge is 0.456 e. The van der Waals surface area contributed by atoms with Crippen molar-refractivity contribution in [2.45, 2.75) is 71.2 Å². The van der Waals surface area contributed by atoms with Crippen molar-refractivity contribution in [3.05, 3.63) is 28.2 Å². The van der Waals surface area contributed by atoms with Crippen LogP contribution in [-0.4, -0.2) is 57.0 Å². The van der Waals surface area contributed by atoms with Crippen molar-refractivity contribution in [2.75, 3.05) is 5.75 Å². The van der Waals surface area contributed by atoms with Gasteiger partial charge in [0.05, 0.1) is 13.0 Å². The van der Waals surface area contributed by atoms with Gasteiger partial charge in [0.15, 0.2) is 0 Å². The first-order chi connectivity index (χ1) is 16.1. The highest BCUT2D eigenvalue weighted by molar-refractivity contribution is 8.14. The van der Waals surface area contributed by atoms with Crippen LogP contribution in [0.5, 0.6) is 0 Å². The molecule has 34 heavy (non-hydrogen) atoms. The van der Waals surface area contributed by atoms with Gasteiger partial charge < -0.3 is 15.4 Å². The molecule has 0 spiro atoms. The lowest BCUT2D eigenvalue weighted by atomic mass is 10.0. The Kier molecular flexibility index (Phi) is 8.64. The Bertz CT molecular complexity index is 1020. The highest BCUT2D eigenvalue weighted by Crippen LogP contribution is 2.32. The molecule has 2 aliphatic heterocycles. The van der Waals surface area contributed by atoms with E-state index in [1.54, 1.807) is 39.8 Å². The van der Waals surface area contributed by atoms with Crippen molar-refractivity contribution in [2.24, 2.45) is 10.9 Å². The second kappa shape index (κ2) is 11.3. The number of Topliss-reactive ketones (excluding diaryl/α,β-unsaturated/α-hetero) is 1. The minimum absolute atomic E-state index is 0.0368. The number of ketones is 1. The molecular formula is C23H30N4O5S2. The number of hydrogen-bond acceptors (Lipinski definition) is 9. The molecular weight excluding hydrogens is 476 g/mol. The number of rotatable bonds is 5. The number of carbonyl (C=O) groups is 4. The van der Waals surface area contributed by atoms with Gasteiger partial charge in [-0.3, -0.25) is 19.4 Å². The molecule has 2 amide bonds. The normalized spacial score (nSPS) is 26.3. The molecule has 4 bridgehead atoms. The van der Waals surface area contributed by atoms with Crippen LogP contribution in [-0.2, 0) is 30.5 Å². The predicted octanol–water partition coefficient (Wildman–Crippen LogP) is 2.39. The zero-order valence-electron chi connectivity index (χ0n) is 19.8. The summed E-state index contributed by atoms with van der Waals surface area (Å²) in [4.78, 5) is 59.6. The van der Waals surface area contributed by atoms with E-state index in [9.17, 15) is 19.2 Å². The number of nitrogens with zero attached hydrogens (tertiary/aromatic N) is 2. The molecule has 11 heteroatoms. The fourth-order valence-corrected chi connectivity index (χ4v) is 5.25. The highest BCUT2D eigenvalue weighted by atomic mass is 32.2. The Hall–Kier alpha value is -2.53. The number of carbonyl (C=O) groups excluding carboxylic acids is 4. The van der Waals surface area contributed by atoms with Crippen LogP contribution in [0.15, 0.2) is 22.5 Å². The van der Waals surface area contributed by atoms with Crippen molar-refractivity contribution >= 4 is 51.7 Å². The highest BCUT2D eigenvalue weighted by Gasteiger charge is 2.41. The first kappa shape index (κ1) is 26.1. The molecule has 9 nitrogen and oxygen atoms in total. The lowest BCUT2D eigenvalue weighted by Gasteiger charge is -2.27. The maximum absolute atomic E-state index is 13.2. The molecule has 184 valence electrons. The van der Waals surface area contributed by atoms with Crippen LogP contribution in [0.2, 0.25) is 0 Å². The first-order valence-electron chi connectivity index (χ1n) is 11.2. The van der Waals surface area contributed by atoms with Crippen LogP contribution in [0, 0.1) is 5.92 Å². The molecule has 1 aromatic heterocycles. The van der Waals surface area contributed by atoms with Crippen molar-refractivity contribution in [1.29, 1.82) is 0 Å². The van der Waals surface area contributed by atoms with E-state index in [0.29, 0.717) is 27.9 Å². The quantitative estimate of drug-likeness (QED) is 0.464. The summed E-state index contributed by atoms with van der Waals surface area (Å²) in [6.45, 7) is 7.34. The fourth-order valence-electron chi connectivity index (χ4n) is 3.33. The molecule has 0 aliphatic carbocycles. The van der Waals surface area contributed by atoms with Gasteiger partial charge >= 0.3 is 5.97 Å². The number of hydrogen-bond donors (Lipinski definition) is 2. The number of nitrogens with one attached hydrogen (secondary N) is 2. The van der Waals surface area contributed by atoms with Crippen molar-refractivity contribution in [3.63, 3.8) is 0 Å².